The lowest BCUT2D eigenvalue weighted by Crippen LogP contribution is -1.98. The molecule has 0 aliphatic rings. The van der Waals surface area contributed by atoms with E-state index in [-0.39, 0.29) is 5.56 Å². The van der Waals surface area contributed by atoms with Gasteiger partial charge in [0.2, 0.25) is 0 Å². The van der Waals surface area contributed by atoms with Gasteiger partial charge in [0.1, 0.15) is 0 Å². The zero-order chi connectivity index (χ0) is 16.6. The second kappa shape index (κ2) is 5.89. The Morgan fingerprint density at radius 1 is 1.13 bits per heavy atom. The van der Waals surface area contributed by atoms with Crippen LogP contribution in [0.3, 0.4) is 0 Å². The predicted molar refractivity (Wildman–Crippen MR) is 92.9 cm³/mol. The SMILES string of the molecule is Cc1cc(Nc2ccc(C(=O)O)cc2)c2c(Cl)ccc(C)c2n1. The first kappa shape index (κ1) is 15.3. The predicted octanol–water partition coefficient (Wildman–Crippen LogP) is 4.95. The summed E-state index contributed by atoms with van der Waals surface area (Å²) in [5.74, 6) is -0.944. The van der Waals surface area contributed by atoms with E-state index in [0.29, 0.717) is 5.02 Å². The highest BCUT2D eigenvalue weighted by Gasteiger charge is 2.11. The molecule has 0 atom stereocenters. The van der Waals surface area contributed by atoms with Gasteiger partial charge in [-0.3, -0.25) is 4.98 Å². The number of pyridine rings is 1. The molecule has 2 N–H and O–H groups in total. The summed E-state index contributed by atoms with van der Waals surface area (Å²) < 4.78 is 0. The van der Waals surface area contributed by atoms with Crippen LogP contribution in [0.2, 0.25) is 5.02 Å². The van der Waals surface area contributed by atoms with Gasteiger partial charge in [-0.05, 0) is 55.8 Å². The fourth-order valence-electron chi connectivity index (χ4n) is 2.51. The van der Waals surface area contributed by atoms with Gasteiger partial charge in [0.15, 0.2) is 0 Å². The Balaban J connectivity index is 2.09. The maximum Gasteiger partial charge on any atom is 0.335 e. The van der Waals surface area contributed by atoms with Crippen LogP contribution in [0.15, 0.2) is 42.5 Å². The standard InChI is InChI=1S/C18H15ClN2O2/c1-10-3-8-14(19)16-15(9-11(2)20-17(10)16)21-13-6-4-12(5-7-13)18(22)23/h3-9H,1-2H3,(H,20,21)(H,22,23). The Morgan fingerprint density at radius 2 is 1.83 bits per heavy atom. The minimum Gasteiger partial charge on any atom is -0.478 e. The van der Waals surface area contributed by atoms with Gasteiger partial charge in [-0.25, -0.2) is 4.79 Å². The average molecular weight is 327 g/mol. The lowest BCUT2D eigenvalue weighted by molar-refractivity contribution is 0.0697. The summed E-state index contributed by atoms with van der Waals surface area (Å²) in [7, 11) is 0. The summed E-state index contributed by atoms with van der Waals surface area (Å²) in [5.41, 5.74) is 4.69. The number of fused-ring (bicyclic) bond motifs is 1. The van der Waals surface area contributed by atoms with Crippen molar-refractivity contribution in [3.63, 3.8) is 0 Å². The smallest absolute Gasteiger partial charge is 0.335 e. The molecular formula is C18H15ClN2O2. The van der Waals surface area contributed by atoms with Crippen LogP contribution in [0.1, 0.15) is 21.6 Å². The maximum absolute atomic E-state index is 10.9. The van der Waals surface area contributed by atoms with Crippen molar-refractivity contribution in [3.8, 4) is 0 Å². The zero-order valence-corrected chi connectivity index (χ0v) is 13.5. The molecule has 0 saturated carbocycles. The van der Waals surface area contributed by atoms with Crippen LogP contribution >= 0.6 is 11.6 Å². The van der Waals surface area contributed by atoms with Gasteiger partial charge in [0, 0.05) is 16.8 Å². The van der Waals surface area contributed by atoms with Crippen molar-refractivity contribution in [2.45, 2.75) is 13.8 Å². The number of nitrogens with zero attached hydrogens (tertiary/aromatic N) is 1. The number of aryl methyl sites for hydroxylation is 2. The third-order valence-electron chi connectivity index (χ3n) is 3.65. The molecule has 116 valence electrons. The summed E-state index contributed by atoms with van der Waals surface area (Å²) in [6.45, 7) is 3.93. The van der Waals surface area contributed by atoms with Gasteiger partial charge in [-0.2, -0.15) is 0 Å². The number of halogens is 1. The van der Waals surface area contributed by atoms with E-state index in [0.717, 1.165) is 33.5 Å². The van der Waals surface area contributed by atoms with Crippen molar-refractivity contribution >= 4 is 39.8 Å². The minimum atomic E-state index is -0.944. The van der Waals surface area contributed by atoms with E-state index < -0.39 is 5.97 Å². The van der Waals surface area contributed by atoms with Crippen LogP contribution in [0.4, 0.5) is 11.4 Å². The number of aromatic nitrogens is 1. The van der Waals surface area contributed by atoms with Crippen molar-refractivity contribution in [1.29, 1.82) is 0 Å². The Hall–Kier alpha value is -2.59. The van der Waals surface area contributed by atoms with Gasteiger partial charge in [-0.1, -0.05) is 17.7 Å². The highest BCUT2D eigenvalue weighted by atomic mass is 35.5. The number of nitrogens with one attached hydrogen (secondary N) is 1. The Morgan fingerprint density at radius 3 is 2.48 bits per heavy atom. The normalized spacial score (nSPS) is 10.7. The van der Waals surface area contributed by atoms with E-state index in [4.69, 9.17) is 16.7 Å². The van der Waals surface area contributed by atoms with Crippen LogP contribution < -0.4 is 5.32 Å². The second-order valence-electron chi connectivity index (χ2n) is 5.41. The molecule has 0 aliphatic heterocycles. The quantitative estimate of drug-likeness (QED) is 0.715. The highest BCUT2D eigenvalue weighted by Crippen LogP contribution is 2.33. The van der Waals surface area contributed by atoms with Gasteiger partial charge in [0.25, 0.3) is 0 Å². The third kappa shape index (κ3) is 2.98. The summed E-state index contributed by atoms with van der Waals surface area (Å²) in [6, 6.07) is 12.3. The number of carboxylic acids is 1. The first-order chi connectivity index (χ1) is 11.0. The number of aromatic carboxylic acids is 1. The molecule has 1 aromatic heterocycles. The van der Waals surface area contributed by atoms with Crippen LogP contribution in [0, 0.1) is 13.8 Å². The fourth-order valence-corrected chi connectivity index (χ4v) is 2.77. The van der Waals surface area contributed by atoms with Gasteiger partial charge in [-0.15, -0.1) is 0 Å². The molecule has 0 saturated heterocycles. The van der Waals surface area contributed by atoms with E-state index in [2.05, 4.69) is 10.3 Å². The summed E-state index contributed by atoms with van der Waals surface area (Å²) in [6.07, 6.45) is 0. The number of benzene rings is 2. The molecule has 2 aromatic carbocycles. The van der Waals surface area contributed by atoms with E-state index in [9.17, 15) is 4.79 Å². The molecule has 3 aromatic rings. The topological polar surface area (TPSA) is 62.2 Å². The summed E-state index contributed by atoms with van der Waals surface area (Å²) in [4.78, 5) is 15.5. The molecule has 0 amide bonds. The molecule has 0 radical (unpaired) electrons. The van der Waals surface area contributed by atoms with Crippen molar-refractivity contribution < 1.29 is 9.90 Å². The molecule has 0 aliphatic carbocycles. The van der Waals surface area contributed by atoms with Crippen molar-refractivity contribution in [2.75, 3.05) is 5.32 Å². The highest BCUT2D eigenvalue weighted by molar-refractivity contribution is 6.36. The monoisotopic (exact) mass is 326 g/mol. The first-order valence-corrected chi connectivity index (χ1v) is 7.50. The Labute approximate surface area is 138 Å². The van der Waals surface area contributed by atoms with Gasteiger partial charge < -0.3 is 10.4 Å². The molecule has 5 heteroatoms. The van der Waals surface area contributed by atoms with Crippen molar-refractivity contribution in [3.05, 3.63) is 64.3 Å². The van der Waals surface area contributed by atoms with E-state index in [1.165, 1.54) is 0 Å². The molecule has 0 bridgehead atoms. The molecular weight excluding hydrogens is 312 g/mol. The van der Waals surface area contributed by atoms with Crippen LogP contribution in [0.25, 0.3) is 10.9 Å². The lowest BCUT2D eigenvalue weighted by Gasteiger charge is -2.13. The van der Waals surface area contributed by atoms with Gasteiger partial charge >= 0.3 is 5.97 Å². The minimum absolute atomic E-state index is 0.250. The number of anilines is 2. The van der Waals surface area contributed by atoms with Gasteiger partial charge in [0.05, 0.1) is 21.8 Å². The molecule has 4 nitrogen and oxygen atoms in total. The van der Waals surface area contributed by atoms with Crippen LogP contribution in [0.5, 0.6) is 0 Å². The van der Waals surface area contributed by atoms with E-state index in [1.807, 2.05) is 32.0 Å². The number of carbonyl (C=O) groups is 1. The zero-order valence-electron chi connectivity index (χ0n) is 12.7. The van der Waals surface area contributed by atoms with Crippen LogP contribution in [-0.2, 0) is 0 Å². The lowest BCUT2D eigenvalue weighted by atomic mass is 10.1. The summed E-state index contributed by atoms with van der Waals surface area (Å²) in [5, 5.41) is 13.8. The second-order valence-corrected chi connectivity index (χ2v) is 5.81. The van der Waals surface area contributed by atoms with Crippen molar-refractivity contribution in [1.82, 2.24) is 4.98 Å². The fraction of sp³-hybridized carbons (Fsp3) is 0.111. The average Bonchev–Trinajstić information content (AvgIpc) is 2.51. The van der Waals surface area contributed by atoms with E-state index in [1.54, 1.807) is 24.3 Å². The molecule has 3 rings (SSSR count). The molecule has 1 heterocycles. The number of carboxylic acid groups (broad SMARTS) is 1. The number of hydrogen-bond donors (Lipinski definition) is 2. The molecule has 23 heavy (non-hydrogen) atoms. The summed E-state index contributed by atoms with van der Waals surface area (Å²) >= 11 is 6.36. The van der Waals surface area contributed by atoms with Crippen molar-refractivity contribution in [2.24, 2.45) is 0 Å². The Bertz CT molecular complexity index is 905. The third-order valence-corrected chi connectivity index (χ3v) is 3.97. The number of hydrogen-bond acceptors (Lipinski definition) is 3. The van der Waals surface area contributed by atoms with E-state index >= 15 is 0 Å². The van der Waals surface area contributed by atoms with Crippen LogP contribution in [-0.4, -0.2) is 16.1 Å². The molecule has 0 unspecified atom stereocenters. The first-order valence-electron chi connectivity index (χ1n) is 7.12. The maximum atomic E-state index is 10.9. The molecule has 0 fully saturated rings. The Kier molecular flexibility index (Phi) is 3.92. The number of rotatable bonds is 3. The molecule has 0 spiro atoms. The largest absolute Gasteiger partial charge is 0.478 e.